The quantitative estimate of drug-likeness (QED) is 0.904. The van der Waals surface area contributed by atoms with E-state index < -0.39 is 5.97 Å². The maximum Gasteiger partial charge on any atom is 0.305 e. The SMILES string of the molecule is Cc1ccsc1C(CC(=O)O)N1CCN(C)CC1. The summed E-state index contributed by atoms with van der Waals surface area (Å²) < 4.78 is 0. The molecule has 0 spiro atoms. The van der Waals surface area contributed by atoms with Gasteiger partial charge in [0, 0.05) is 31.1 Å². The number of likely N-dealkylation sites (N-methyl/N-ethyl adjacent to an activating group) is 1. The van der Waals surface area contributed by atoms with Gasteiger partial charge >= 0.3 is 5.97 Å². The van der Waals surface area contributed by atoms with E-state index in [1.807, 2.05) is 0 Å². The van der Waals surface area contributed by atoms with E-state index >= 15 is 0 Å². The molecule has 1 aromatic heterocycles. The van der Waals surface area contributed by atoms with Gasteiger partial charge < -0.3 is 10.0 Å². The number of thiophene rings is 1. The fourth-order valence-electron chi connectivity index (χ4n) is 2.41. The second kappa shape index (κ2) is 5.82. The zero-order valence-corrected chi connectivity index (χ0v) is 11.7. The Bertz CT molecular complexity index is 411. The number of hydrogen-bond acceptors (Lipinski definition) is 4. The highest BCUT2D eigenvalue weighted by Crippen LogP contribution is 2.31. The Hall–Kier alpha value is -0.910. The van der Waals surface area contributed by atoms with E-state index in [1.54, 1.807) is 11.3 Å². The summed E-state index contributed by atoms with van der Waals surface area (Å²) in [6.45, 7) is 6.00. The van der Waals surface area contributed by atoms with Crippen molar-refractivity contribution in [1.29, 1.82) is 0 Å². The van der Waals surface area contributed by atoms with Gasteiger partial charge in [-0.1, -0.05) is 0 Å². The standard InChI is InChI=1S/C13H20N2O2S/c1-10-3-8-18-13(10)11(9-12(16)17)15-6-4-14(2)5-7-15/h3,8,11H,4-7,9H2,1-2H3,(H,16,17). The molecule has 1 aromatic rings. The first-order chi connectivity index (χ1) is 8.58. The predicted molar refractivity (Wildman–Crippen MR) is 73.1 cm³/mol. The maximum absolute atomic E-state index is 11.1. The summed E-state index contributed by atoms with van der Waals surface area (Å²) in [7, 11) is 2.11. The zero-order chi connectivity index (χ0) is 13.1. The van der Waals surface area contributed by atoms with E-state index in [9.17, 15) is 4.79 Å². The van der Waals surface area contributed by atoms with Crippen LogP contribution in [0, 0.1) is 6.92 Å². The van der Waals surface area contributed by atoms with Crippen LogP contribution in [-0.4, -0.2) is 54.1 Å². The topological polar surface area (TPSA) is 43.8 Å². The Morgan fingerprint density at radius 1 is 1.44 bits per heavy atom. The summed E-state index contributed by atoms with van der Waals surface area (Å²) in [6.07, 6.45) is 0.199. The zero-order valence-electron chi connectivity index (χ0n) is 10.9. The number of piperazine rings is 1. The number of nitrogens with zero attached hydrogens (tertiary/aromatic N) is 2. The van der Waals surface area contributed by atoms with Crippen molar-refractivity contribution in [3.63, 3.8) is 0 Å². The maximum atomic E-state index is 11.1. The second-order valence-corrected chi connectivity index (χ2v) is 5.87. The Balaban J connectivity index is 2.15. The van der Waals surface area contributed by atoms with Crippen LogP contribution in [0.1, 0.15) is 22.9 Å². The third kappa shape index (κ3) is 3.10. The van der Waals surface area contributed by atoms with Gasteiger partial charge in [0.2, 0.25) is 0 Å². The molecule has 18 heavy (non-hydrogen) atoms. The monoisotopic (exact) mass is 268 g/mol. The lowest BCUT2D eigenvalue weighted by Crippen LogP contribution is -2.46. The molecule has 1 aliphatic heterocycles. The van der Waals surface area contributed by atoms with Crippen molar-refractivity contribution in [2.75, 3.05) is 33.2 Å². The van der Waals surface area contributed by atoms with Crippen molar-refractivity contribution in [2.24, 2.45) is 0 Å². The minimum absolute atomic E-state index is 0.0381. The molecule has 1 aliphatic rings. The first-order valence-corrected chi connectivity index (χ1v) is 7.14. The summed E-state index contributed by atoms with van der Waals surface area (Å²) in [5.41, 5.74) is 1.21. The molecule has 2 rings (SSSR count). The van der Waals surface area contributed by atoms with E-state index in [1.165, 1.54) is 10.4 Å². The van der Waals surface area contributed by atoms with E-state index in [0.29, 0.717) is 0 Å². The van der Waals surface area contributed by atoms with Gasteiger partial charge in [-0.2, -0.15) is 0 Å². The van der Waals surface area contributed by atoms with Gasteiger partial charge in [0.15, 0.2) is 0 Å². The number of aryl methyl sites for hydroxylation is 1. The van der Waals surface area contributed by atoms with Crippen LogP contribution in [0.4, 0.5) is 0 Å². The summed E-state index contributed by atoms with van der Waals surface area (Å²) in [6, 6.07) is 2.11. The lowest BCUT2D eigenvalue weighted by atomic mass is 10.1. The van der Waals surface area contributed by atoms with Gasteiger partial charge in [0.25, 0.3) is 0 Å². The van der Waals surface area contributed by atoms with Crippen LogP contribution in [0.3, 0.4) is 0 Å². The third-order valence-corrected chi connectivity index (χ3v) is 4.67. The molecule has 1 atom stereocenters. The van der Waals surface area contributed by atoms with Crippen molar-refractivity contribution < 1.29 is 9.90 Å². The molecular weight excluding hydrogens is 248 g/mol. The van der Waals surface area contributed by atoms with Gasteiger partial charge in [0.05, 0.1) is 12.5 Å². The van der Waals surface area contributed by atoms with Gasteiger partial charge in [-0.05, 0) is 31.0 Å². The largest absolute Gasteiger partial charge is 0.481 e. The molecule has 0 aromatic carbocycles. The molecule has 1 fully saturated rings. The number of carboxylic acids is 1. The molecule has 4 nitrogen and oxygen atoms in total. The molecule has 100 valence electrons. The van der Waals surface area contributed by atoms with E-state index in [2.05, 4.69) is 35.2 Å². The summed E-state index contributed by atoms with van der Waals surface area (Å²) in [5, 5.41) is 11.2. The predicted octanol–water partition coefficient (Wildman–Crippen LogP) is 1.82. The number of rotatable bonds is 4. The molecule has 0 amide bonds. The molecule has 1 saturated heterocycles. The van der Waals surface area contributed by atoms with E-state index in [-0.39, 0.29) is 12.5 Å². The molecule has 0 aliphatic carbocycles. The van der Waals surface area contributed by atoms with Gasteiger partial charge in [0.1, 0.15) is 0 Å². The van der Waals surface area contributed by atoms with E-state index in [4.69, 9.17) is 5.11 Å². The Kier molecular flexibility index (Phi) is 4.37. The Labute approximate surface area is 112 Å². The molecule has 1 unspecified atom stereocenters. The molecule has 0 saturated carbocycles. The Morgan fingerprint density at radius 3 is 2.61 bits per heavy atom. The summed E-state index contributed by atoms with van der Waals surface area (Å²) >= 11 is 1.68. The van der Waals surface area contributed by atoms with Crippen LogP contribution in [0.15, 0.2) is 11.4 Å². The molecule has 1 N–H and O–H groups in total. The second-order valence-electron chi connectivity index (χ2n) is 4.92. The van der Waals surface area contributed by atoms with Crippen LogP contribution < -0.4 is 0 Å². The smallest absolute Gasteiger partial charge is 0.305 e. The average molecular weight is 268 g/mol. The van der Waals surface area contributed by atoms with Crippen molar-refractivity contribution in [1.82, 2.24) is 9.80 Å². The number of carbonyl (C=O) groups is 1. The van der Waals surface area contributed by atoms with Gasteiger partial charge in [-0.3, -0.25) is 9.69 Å². The minimum atomic E-state index is -0.716. The first-order valence-electron chi connectivity index (χ1n) is 6.26. The average Bonchev–Trinajstić information content (AvgIpc) is 2.73. The third-order valence-electron chi connectivity index (χ3n) is 3.55. The highest BCUT2D eigenvalue weighted by Gasteiger charge is 2.27. The Morgan fingerprint density at radius 2 is 2.11 bits per heavy atom. The number of carboxylic acid groups (broad SMARTS) is 1. The number of aliphatic carboxylic acids is 1. The fourth-order valence-corrected chi connectivity index (χ4v) is 3.47. The minimum Gasteiger partial charge on any atom is -0.481 e. The van der Waals surface area contributed by atoms with Crippen molar-refractivity contribution in [3.05, 3.63) is 21.9 Å². The van der Waals surface area contributed by atoms with Gasteiger partial charge in [-0.15, -0.1) is 11.3 Å². The lowest BCUT2D eigenvalue weighted by molar-refractivity contribution is -0.138. The first kappa shape index (κ1) is 13.5. The fraction of sp³-hybridized carbons (Fsp3) is 0.615. The van der Waals surface area contributed by atoms with Crippen molar-refractivity contribution >= 4 is 17.3 Å². The van der Waals surface area contributed by atoms with Crippen molar-refractivity contribution in [3.8, 4) is 0 Å². The molecule has 5 heteroatoms. The van der Waals surface area contributed by atoms with Crippen LogP contribution in [0.5, 0.6) is 0 Å². The van der Waals surface area contributed by atoms with Crippen molar-refractivity contribution in [2.45, 2.75) is 19.4 Å². The van der Waals surface area contributed by atoms with Crippen LogP contribution in [0.25, 0.3) is 0 Å². The van der Waals surface area contributed by atoms with Gasteiger partial charge in [-0.25, -0.2) is 0 Å². The molecule has 2 heterocycles. The summed E-state index contributed by atoms with van der Waals surface area (Å²) in [4.78, 5) is 16.9. The van der Waals surface area contributed by atoms with Crippen LogP contribution >= 0.6 is 11.3 Å². The van der Waals surface area contributed by atoms with Crippen LogP contribution in [0.2, 0.25) is 0 Å². The highest BCUT2D eigenvalue weighted by molar-refractivity contribution is 7.10. The lowest BCUT2D eigenvalue weighted by Gasteiger charge is -2.37. The normalized spacial score (nSPS) is 19.9. The highest BCUT2D eigenvalue weighted by atomic mass is 32.1. The molecule has 0 radical (unpaired) electrons. The number of hydrogen-bond donors (Lipinski definition) is 1. The molecular formula is C13H20N2O2S. The molecule has 0 bridgehead atoms. The van der Waals surface area contributed by atoms with Crippen LogP contribution in [-0.2, 0) is 4.79 Å². The summed E-state index contributed by atoms with van der Waals surface area (Å²) in [5.74, 6) is -0.716. The van der Waals surface area contributed by atoms with E-state index in [0.717, 1.165) is 26.2 Å².